The average molecular weight is 531 g/mol. The van der Waals surface area contributed by atoms with Crippen molar-refractivity contribution in [3.8, 4) is 0 Å². The van der Waals surface area contributed by atoms with Crippen LogP contribution in [0, 0.1) is 0 Å². The van der Waals surface area contributed by atoms with Gasteiger partial charge in [-0.2, -0.15) is 5.17 Å². The molecule has 0 unspecified atom stereocenters. The number of methoxy groups -OCH3 is 1. The summed E-state index contributed by atoms with van der Waals surface area (Å²) in [5.41, 5.74) is 7.81. The van der Waals surface area contributed by atoms with Gasteiger partial charge in [0.1, 0.15) is 0 Å². The Balaban J connectivity index is 1.43. The van der Waals surface area contributed by atoms with Gasteiger partial charge >= 0.3 is 0 Å². The molecule has 1 aromatic rings. The van der Waals surface area contributed by atoms with E-state index in [1.165, 1.54) is 6.42 Å². The van der Waals surface area contributed by atoms with Gasteiger partial charge in [0.2, 0.25) is 5.88 Å². The Bertz CT molecular complexity index is 1000. The summed E-state index contributed by atoms with van der Waals surface area (Å²) in [6.45, 7) is 16.7. The fourth-order valence-electron chi connectivity index (χ4n) is 4.98. The molecule has 0 amide bonds. The quantitative estimate of drug-likeness (QED) is 0.410. The molecule has 206 valence electrons. The first-order valence-electron chi connectivity index (χ1n) is 13.7. The van der Waals surface area contributed by atoms with Crippen LogP contribution in [0.1, 0.15) is 57.6 Å². The highest BCUT2D eigenvalue weighted by molar-refractivity contribution is 6.74. The second kappa shape index (κ2) is 11.8. The van der Waals surface area contributed by atoms with E-state index in [1.807, 2.05) is 6.08 Å². The second-order valence-electron chi connectivity index (χ2n) is 11.9. The van der Waals surface area contributed by atoms with Gasteiger partial charge < -0.3 is 19.2 Å². The maximum Gasteiger partial charge on any atom is 0.207 e. The molecule has 1 saturated heterocycles. The lowest BCUT2D eigenvalue weighted by Crippen LogP contribution is -2.46. The smallest absolute Gasteiger partial charge is 0.207 e. The zero-order valence-corrected chi connectivity index (χ0v) is 24.5. The van der Waals surface area contributed by atoms with Crippen molar-refractivity contribution in [2.75, 3.05) is 45.3 Å². The van der Waals surface area contributed by atoms with Crippen molar-refractivity contribution in [3.63, 3.8) is 0 Å². The molecule has 0 aliphatic carbocycles. The van der Waals surface area contributed by atoms with E-state index in [2.05, 4.69) is 67.7 Å². The average Bonchev–Trinajstić information content (AvgIpc) is 2.92. The van der Waals surface area contributed by atoms with E-state index in [0.717, 1.165) is 78.8 Å². The third-order valence-corrected chi connectivity index (χ3v) is 12.7. The summed E-state index contributed by atoms with van der Waals surface area (Å²) in [7, 11) is -0.117. The monoisotopic (exact) mass is 530 g/mol. The summed E-state index contributed by atoms with van der Waals surface area (Å²) < 4.78 is 17.7. The van der Waals surface area contributed by atoms with Crippen LogP contribution in [-0.2, 0) is 20.5 Å². The van der Waals surface area contributed by atoms with Crippen LogP contribution in [0.2, 0.25) is 18.1 Å². The first-order chi connectivity index (χ1) is 17.6. The topological polar surface area (TPSA) is 78.5 Å². The number of hydrogen-bond acceptors (Lipinski definition) is 8. The maximum atomic E-state index is 10.8. The highest BCUT2D eigenvalue weighted by Crippen LogP contribution is 2.37. The summed E-state index contributed by atoms with van der Waals surface area (Å²) in [6.07, 6.45) is 5.99. The molecule has 3 N–H and O–H groups in total. The number of likely N-dealkylation sites (tertiary alicyclic amines) is 1. The number of ether oxygens (including phenoxy) is 2. The molecule has 3 heterocycles. The van der Waals surface area contributed by atoms with Crippen LogP contribution in [0.5, 0.6) is 0 Å². The van der Waals surface area contributed by atoms with Crippen LogP contribution in [0.4, 0.5) is 5.69 Å². The minimum atomic E-state index is -1.71. The molecule has 9 heteroatoms. The normalized spacial score (nSPS) is 21.6. The molecule has 0 saturated carbocycles. The summed E-state index contributed by atoms with van der Waals surface area (Å²) in [5.74, 6) is 0.526. The SMILES string of the molecule is COC1=CC2=C(c3ccc(N[C@@H]4CCCN(CCO[Si](C)(C)C(C)(C)C)C4)cc3COCCC2)N(O)N1. The van der Waals surface area contributed by atoms with Crippen LogP contribution in [-0.4, -0.2) is 69.6 Å². The van der Waals surface area contributed by atoms with Gasteiger partial charge in [-0.1, -0.05) is 26.8 Å². The fraction of sp³-hybridized carbons (Fsp3) is 0.643. The van der Waals surface area contributed by atoms with Crippen molar-refractivity contribution in [1.29, 1.82) is 0 Å². The number of fused-ring (bicyclic) bond motifs is 2. The molecule has 0 radical (unpaired) electrons. The molecule has 8 nitrogen and oxygen atoms in total. The van der Waals surface area contributed by atoms with E-state index >= 15 is 0 Å². The van der Waals surface area contributed by atoms with Crippen LogP contribution in [0.25, 0.3) is 5.70 Å². The van der Waals surface area contributed by atoms with E-state index in [-0.39, 0.29) is 5.04 Å². The van der Waals surface area contributed by atoms with Crippen molar-refractivity contribution in [2.45, 2.75) is 77.2 Å². The number of benzene rings is 1. The molecular formula is C28H46N4O4Si. The number of hydroxylamine groups is 1. The molecular weight excluding hydrogens is 484 g/mol. The lowest BCUT2D eigenvalue weighted by molar-refractivity contribution is -0.0814. The van der Waals surface area contributed by atoms with Crippen molar-refractivity contribution in [1.82, 2.24) is 15.5 Å². The molecule has 1 atom stereocenters. The van der Waals surface area contributed by atoms with Gasteiger partial charge in [0, 0.05) is 49.7 Å². The number of allylic oxidation sites excluding steroid dienone is 2. The summed E-state index contributed by atoms with van der Waals surface area (Å²) in [6, 6.07) is 6.77. The molecule has 3 aliphatic heterocycles. The minimum Gasteiger partial charge on any atom is -0.481 e. The molecule has 1 aromatic carbocycles. The van der Waals surface area contributed by atoms with Crippen LogP contribution >= 0.6 is 0 Å². The van der Waals surface area contributed by atoms with E-state index in [9.17, 15) is 5.21 Å². The van der Waals surface area contributed by atoms with Crippen molar-refractivity contribution in [2.24, 2.45) is 0 Å². The fourth-order valence-corrected chi connectivity index (χ4v) is 6.01. The third kappa shape index (κ3) is 6.89. The molecule has 1 fully saturated rings. The van der Waals surface area contributed by atoms with Gasteiger partial charge in [0.05, 0.1) is 19.4 Å². The summed E-state index contributed by atoms with van der Waals surface area (Å²) in [4.78, 5) is 2.53. The largest absolute Gasteiger partial charge is 0.481 e. The van der Waals surface area contributed by atoms with Gasteiger partial charge in [0.25, 0.3) is 0 Å². The van der Waals surface area contributed by atoms with Gasteiger partial charge in [-0.15, -0.1) is 0 Å². The summed E-state index contributed by atoms with van der Waals surface area (Å²) >= 11 is 0. The van der Waals surface area contributed by atoms with Crippen LogP contribution in [0.3, 0.4) is 0 Å². The van der Waals surface area contributed by atoms with Crippen molar-refractivity contribution >= 4 is 19.7 Å². The zero-order chi connectivity index (χ0) is 26.6. The first kappa shape index (κ1) is 28.0. The van der Waals surface area contributed by atoms with Crippen molar-refractivity contribution in [3.05, 3.63) is 46.9 Å². The Labute approximate surface area is 223 Å². The van der Waals surface area contributed by atoms with Crippen molar-refractivity contribution < 1.29 is 19.1 Å². The molecule has 3 aliphatic rings. The molecule has 0 bridgehead atoms. The Morgan fingerprint density at radius 1 is 1.24 bits per heavy atom. The maximum absolute atomic E-state index is 10.8. The number of nitrogens with one attached hydrogen (secondary N) is 2. The Morgan fingerprint density at radius 3 is 2.81 bits per heavy atom. The van der Waals surface area contributed by atoms with Gasteiger partial charge in [-0.3, -0.25) is 10.1 Å². The Kier molecular flexibility index (Phi) is 8.91. The minimum absolute atomic E-state index is 0.242. The molecule has 0 aromatic heterocycles. The van der Waals surface area contributed by atoms with E-state index in [0.29, 0.717) is 25.1 Å². The highest BCUT2D eigenvalue weighted by Gasteiger charge is 2.37. The second-order valence-corrected chi connectivity index (χ2v) is 16.7. The van der Waals surface area contributed by atoms with E-state index in [1.54, 1.807) is 7.11 Å². The van der Waals surface area contributed by atoms with Gasteiger partial charge in [0.15, 0.2) is 8.32 Å². The standard InChI is InChI=1S/C28H46N4O4Si/c1-28(2,3)37(5,6)36-16-14-31-13-7-10-24(19-31)29-23-11-12-25-22(17-23)20-35-15-8-9-21-18-26(34-4)30-32(33)27(21)25/h11-12,17-18,24,29-30,33H,7-10,13-16,19-20H2,1-6H3/t24-/m1/s1. The Hall–Kier alpha value is -2.04. The number of nitrogens with zero attached hydrogens (tertiary/aromatic N) is 2. The lowest BCUT2D eigenvalue weighted by Gasteiger charge is -2.38. The number of hydrogen-bond donors (Lipinski definition) is 3. The van der Waals surface area contributed by atoms with E-state index < -0.39 is 8.32 Å². The van der Waals surface area contributed by atoms with Crippen LogP contribution < -0.4 is 10.7 Å². The molecule has 0 spiro atoms. The highest BCUT2D eigenvalue weighted by atomic mass is 28.4. The molecule has 37 heavy (non-hydrogen) atoms. The summed E-state index contributed by atoms with van der Waals surface area (Å²) in [5, 5.41) is 15.9. The zero-order valence-electron chi connectivity index (χ0n) is 23.5. The van der Waals surface area contributed by atoms with Crippen LogP contribution in [0.15, 0.2) is 35.7 Å². The Morgan fingerprint density at radius 2 is 2.05 bits per heavy atom. The molecule has 4 rings (SSSR count). The predicted molar refractivity (Wildman–Crippen MR) is 150 cm³/mol. The van der Waals surface area contributed by atoms with Gasteiger partial charge in [-0.25, -0.2) is 5.43 Å². The van der Waals surface area contributed by atoms with Gasteiger partial charge in [-0.05, 0) is 73.6 Å². The first-order valence-corrected chi connectivity index (χ1v) is 16.6. The third-order valence-electron chi connectivity index (χ3n) is 8.16. The number of hydrazine groups is 1. The number of rotatable bonds is 7. The number of anilines is 1. The number of piperidine rings is 1. The van der Waals surface area contributed by atoms with E-state index in [4.69, 9.17) is 13.9 Å². The lowest BCUT2D eigenvalue weighted by atomic mass is 9.97. The predicted octanol–water partition coefficient (Wildman–Crippen LogP) is 5.30.